The van der Waals surface area contributed by atoms with E-state index in [1.807, 2.05) is 0 Å². The molecule has 0 aromatic heterocycles. The van der Waals surface area contributed by atoms with Crippen LogP contribution in [-0.4, -0.2) is 17.7 Å². The van der Waals surface area contributed by atoms with Gasteiger partial charge in [0.1, 0.15) is 5.82 Å². The number of halogens is 1. The Hall–Kier alpha value is -1.42. The van der Waals surface area contributed by atoms with Gasteiger partial charge in [-0.15, -0.1) is 0 Å². The Bertz CT molecular complexity index is 403. The van der Waals surface area contributed by atoms with Gasteiger partial charge in [0, 0.05) is 6.61 Å². The minimum Gasteiger partial charge on any atom is -0.479 e. The van der Waals surface area contributed by atoms with Crippen LogP contribution in [0.25, 0.3) is 0 Å². The Kier molecular flexibility index (Phi) is 3.65. The number of ether oxygens (including phenoxy) is 1. The quantitative estimate of drug-likeness (QED) is 0.857. The van der Waals surface area contributed by atoms with Crippen molar-refractivity contribution < 1.29 is 19.0 Å². The fourth-order valence-electron chi connectivity index (χ4n) is 1.50. The smallest absolute Gasteiger partial charge is 0.340 e. The summed E-state index contributed by atoms with van der Waals surface area (Å²) in [4.78, 5) is 11.2. The minimum absolute atomic E-state index is 0.277. The molecular weight excluding hydrogens is 211 g/mol. The van der Waals surface area contributed by atoms with Gasteiger partial charge in [0.25, 0.3) is 0 Å². The summed E-state index contributed by atoms with van der Waals surface area (Å²) in [6.45, 7) is 5.05. The standard InChI is InChI=1S/C12H15FO3/c1-4-16-12(3,11(14)15)9-5-6-10(13)8(2)7-9/h5-7H,4H2,1-3H3,(H,14,15). The molecule has 0 radical (unpaired) electrons. The third kappa shape index (κ3) is 2.22. The van der Waals surface area contributed by atoms with Crippen molar-refractivity contribution in [2.24, 2.45) is 0 Å². The number of aryl methyl sites for hydroxylation is 1. The van der Waals surface area contributed by atoms with Gasteiger partial charge in [-0.05, 0) is 44.0 Å². The fourth-order valence-corrected chi connectivity index (χ4v) is 1.50. The summed E-state index contributed by atoms with van der Waals surface area (Å²) >= 11 is 0. The third-order valence-electron chi connectivity index (χ3n) is 2.55. The van der Waals surface area contributed by atoms with Crippen LogP contribution in [-0.2, 0) is 15.1 Å². The number of aliphatic carboxylic acids is 1. The van der Waals surface area contributed by atoms with E-state index in [9.17, 15) is 9.18 Å². The molecule has 1 N–H and O–H groups in total. The first-order chi connectivity index (χ1) is 7.41. The van der Waals surface area contributed by atoms with Gasteiger partial charge in [0.15, 0.2) is 5.60 Å². The van der Waals surface area contributed by atoms with Gasteiger partial charge >= 0.3 is 5.97 Å². The van der Waals surface area contributed by atoms with Gasteiger partial charge in [0.2, 0.25) is 0 Å². The zero-order valence-corrected chi connectivity index (χ0v) is 9.58. The zero-order chi connectivity index (χ0) is 12.3. The molecule has 0 saturated heterocycles. The van der Waals surface area contributed by atoms with E-state index in [1.54, 1.807) is 13.8 Å². The maximum absolute atomic E-state index is 13.1. The molecule has 0 spiro atoms. The van der Waals surface area contributed by atoms with E-state index in [4.69, 9.17) is 9.84 Å². The summed E-state index contributed by atoms with van der Waals surface area (Å²) < 4.78 is 18.3. The van der Waals surface area contributed by atoms with Gasteiger partial charge in [-0.25, -0.2) is 9.18 Å². The second-order valence-electron chi connectivity index (χ2n) is 3.74. The number of carboxylic acids is 1. The molecule has 0 aliphatic carbocycles. The normalized spacial score (nSPS) is 14.5. The van der Waals surface area contributed by atoms with Crippen molar-refractivity contribution in [3.63, 3.8) is 0 Å². The molecule has 3 nitrogen and oxygen atoms in total. The van der Waals surface area contributed by atoms with Crippen LogP contribution in [0.1, 0.15) is 25.0 Å². The molecule has 88 valence electrons. The summed E-state index contributed by atoms with van der Waals surface area (Å²) in [6.07, 6.45) is 0. The fraction of sp³-hybridized carbons (Fsp3) is 0.417. The lowest BCUT2D eigenvalue weighted by Crippen LogP contribution is -2.35. The number of carbonyl (C=O) groups is 1. The van der Waals surface area contributed by atoms with Crippen LogP contribution >= 0.6 is 0 Å². The van der Waals surface area contributed by atoms with Gasteiger partial charge in [0.05, 0.1) is 0 Å². The van der Waals surface area contributed by atoms with Crippen molar-refractivity contribution in [3.05, 3.63) is 35.1 Å². The van der Waals surface area contributed by atoms with E-state index in [-0.39, 0.29) is 12.4 Å². The van der Waals surface area contributed by atoms with Crippen LogP contribution in [0.2, 0.25) is 0 Å². The molecule has 1 rings (SSSR count). The summed E-state index contributed by atoms with van der Waals surface area (Å²) in [5.74, 6) is -1.44. The van der Waals surface area contributed by atoms with Gasteiger partial charge in [-0.2, -0.15) is 0 Å². The number of rotatable bonds is 4. The molecule has 0 saturated carbocycles. The van der Waals surface area contributed by atoms with E-state index >= 15 is 0 Å². The first kappa shape index (κ1) is 12.6. The van der Waals surface area contributed by atoms with Crippen molar-refractivity contribution in [2.45, 2.75) is 26.4 Å². The molecule has 1 aromatic rings. The molecule has 1 unspecified atom stereocenters. The van der Waals surface area contributed by atoms with E-state index in [2.05, 4.69) is 0 Å². The lowest BCUT2D eigenvalue weighted by Gasteiger charge is -2.25. The highest BCUT2D eigenvalue weighted by molar-refractivity contribution is 5.79. The summed E-state index contributed by atoms with van der Waals surface area (Å²) in [6, 6.07) is 4.19. The van der Waals surface area contributed by atoms with E-state index in [0.29, 0.717) is 11.1 Å². The Morgan fingerprint density at radius 2 is 2.19 bits per heavy atom. The highest BCUT2D eigenvalue weighted by Crippen LogP contribution is 2.27. The molecule has 0 bridgehead atoms. The Balaban J connectivity index is 3.21. The van der Waals surface area contributed by atoms with Crippen molar-refractivity contribution >= 4 is 5.97 Å². The number of hydrogen-bond acceptors (Lipinski definition) is 2. The molecule has 16 heavy (non-hydrogen) atoms. The second-order valence-corrected chi connectivity index (χ2v) is 3.74. The predicted octanol–water partition coefficient (Wildman–Crippen LogP) is 2.47. The Labute approximate surface area is 93.9 Å². The first-order valence-electron chi connectivity index (χ1n) is 5.05. The van der Waals surface area contributed by atoms with Crippen LogP contribution < -0.4 is 0 Å². The largest absolute Gasteiger partial charge is 0.479 e. The van der Waals surface area contributed by atoms with Gasteiger partial charge in [-0.3, -0.25) is 0 Å². The minimum atomic E-state index is -1.42. The molecule has 1 atom stereocenters. The van der Waals surface area contributed by atoms with Crippen LogP contribution in [0.15, 0.2) is 18.2 Å². The monoisotopic (exact) mass is 226 g/mol. The van der Waals surface area contributed by atoms with Crippen molar-refractivity contribution in [1.82, 2.24) is 0 Å². The zero-order valence-electron chi connectivity index (χ0n) is 9.58. The topological polar surface area (TPSA) is 46.5 Å². The number of hydrogen-bond donors (Lipinski definition) is 1. The molecule has 0 aliphatic rings. The van der Waals surface area contributed by atoms with Gasteiger partial charge < -0.3 is 9.84 Å². The predicted molar refractivity (Wildman–Crippen MR) is 57.8 cm³/mol. The first-order valence-corrected chi connectivity index (χ1v) is 5.05. The number of benzene rings is 1. The van der Waals surface area contributed by atoms with E-state index in [0.717, 1.165) is 0 Å². The van der Waals surface area contributed by atoms with Crippen molar-refractivity contribution in [2.75, 3.05) is 6.61 Å². The van der Waals surface area contributed by atoms with Gasteiger partial charge in [-0.1, -0.05) is 6.07 Å². The second kappa shape index (κ2) is 4.61. The molecule has 0 amide bonds. The van der Waals surface area contributed by atoms with Crippen molar-refractivity contribution in [1.29, 1.82) is 0 Å². The highest BCUT2D eigenvalue weighted by Gasteiger charge is 2.36. The molecule has 1 aromatic carbocycles. The van der Waals surface area contributed by atoms with Crippen LogP contribution in [0.4, 0.5) is 4.39 Å². The lowest BCUT2D eigenvalue weighted by atomic mass is 9.94. The highest BCUT2D eigenvalue weighted by atomic mass is 19.1. The molecular formula is C12H15FO3. The average Bonchev–Trinajstić information content (AvgIpc) is 2.22. The molecule has 0 aliphatic heterocycles. The van der Waals surface area contributed by atoms with Crippen LogP contribution in [0.5, 0.6) is 0 Å². The maximum Gasteiger partial charge on any atom is 0.340 e. The maximum atomic E-state index is 13.1. The summed E-state index contributed by atoms with van der Waals surface area (Å²) in [7, 11) is 0. The number of carboxylic acid groups (broad SMARTS) is 1. The van der Waals surface area contributed by atoms with E-state index < -0.39 is 11.6 Å². The SMILES string of the molecule is CCOC(C)(C(=O)O)c1ccc(F)c(C)c1. The Morgan fingerprint density at radius 3 is 2.62 bits per heavy atom. The molecule has 0 fully saturated rings. The van der Waals surface area contributed by atoms with Crippen molar-refractivity contribution in [3.8, 4) is 0 Å². The summed E-state index contributed by atoms with van der Waals surface area (Å²) in [5, 5.41) is 9.16. The van der Waals surface area contributed by atoms with Crippen LogP contribution in [0, 0.1) is 12.7 Å². The lowest BCUT2D eigenvalue weighted by molar-refractivity contribution is -0.164. The molecule has 0 heterocycles. The third-order valence-corrected chi connectivity index (χ3v) is 2.55. The summed E-state index contributed by atoms with van der Waals surface area (Å²) in [5.41, 5.74) is -0.571. The molecule has 4 heteroatoms. The average molecular weight is 226 g/mol. The Morgan fingerprint density at radius 1 is 1.56 bits per heavy atom. The van der Waals surface area contributed by atoms with E-state index in [1.165, 1.54) is 25.1 Å². The van der Waals surface area contributed by atoms with Crippen LogP contribution in [0.3, 0.4) is 0 Å².